The fourth-order valence-electron chi connectivity index (χ4n) is 2.79. The van der Waals surface area contributed by atoms with E-state index >= 15 is 0 Å². The molecule has 0 bridgehead atoms. The van der Waals surface area contributed by atoms with Crippen molar-refractivity contribution in [3.8, 4) is 5.75 Å². The minimum absolute atomic E-state index is 0.0859. The zero-order valence-electron chi connectivity index (χ0n) is 14.4. The summed E-state index contributed by atoms with van der Waals surface area (Å²) in [5.74, 6) is 2.19. The minimum Gasteiger partial charge on any atom is -0.497 e. The summed E-state index contributed by atoms with van der Waals surface area (Å²) in [6.45, 7) is 0. The molecule has 0 atom stereocenters. The van der Waals surface area contributed by atoms with Gasteiger partial charge in [0.25, 0.3) is 0 Å². The summed E-state index contributed by atoms with van der Waals surface area (Å²) in [7, 11) is 1.62. The number of rotatable bonds is 8. The zero-order chi connectivity index (χ0) is 17.9. The van der Waals surface area contributed by atoms with Crippen LogP contribution in [-0.2, 0) is 6.42 Å². The number of hydrogen-bond acceptors (Lipinski definition) is 6. The van der Waals surface area contributed by atoms with Crippen molar-refractivity contribution in [3.63, 3.8) is 0 Å². The summed E-state index contributed by atoms with van der Waals surface area (Å²) in [6, 6.07) is 11.9. The number of carbonyl (C=O) groups excluding carboxylic acids is 1. The van der Waals surface area contributed by atoms with Crippen LogP contribution in [0.5, 0.6) is 5.75 Å². The summed E-state index contributed by atoms with van der Waals surface area (Å²) in [5, 5.41) is 11.7. The van der Waals surface area contributed by atoms with Gasteiger partial charge in [-0.05, 0) is 48.6 Å². The second-order valence-corrected chi connectivity index (χ2v) is 8.17. The maximum absolute atomic E-state index is 12.5. The summed E-state index contributed by atoms with van der Waals surface area (Å²) in [5.41, 5.74) is 0.689. The van der Waals surface area contributed by atoms with E-state index in [1.807, 2.05) is 12.1 Å². The van der Waals surface area contributed by atoms with Crippen molar-refractivity contribution in [2.75, 3.05) is 12.9 Å². The summed E-state index contributed by atoms with van der Waals surface area (Å²) in [6.07, 6.45) is 3.12. The second-order valence-electron chi connectivity index (χ2n) is 6.20. The maximum atomic E-state index is 12.5. The normalized spacial score (nSPS) is 13.7. The molecule has 0 spiro atoms. The highest BCUT2D eigenvalue weighted by molar-refractivity contribution is 7.99. The number of Topliss-reactive ketones (excluding diaryl/α,β-unsaturated/α-hetero) is 1. The van der Waals surface area contributed by atoms with Gasteiger partial charge in [-0.1, -0.05) is 17.8 Å². The Kier molecular flexibility index (Phi) is 5.08. The van der Waals surface area contributed by atoms with E-state index in [0.717, 1.165) is 36.0 Å². The standard InChI is InChI=1S/C19H19N3O2S2/c1-24-15-8-4-13(5-9-15)17(23)12-26-19-21-20-18(22(19)14-6-7-14)11-16-3-2-10-25-16/h2-5,8-10,14H,6-7,11-12H2,1H3. The molecule has 3 aromatic rings. The number of ketones is 1. The van der Waals surface area contributed by atoms with Crippen LogP contribution in [0.4, 0.5) is 0 Å². The lowest BCUT2D eigenvalue weighted by Crippen LogP contribution is -2.06. The molecule has 0 aliphatic heterocycles. The molecule has 1 aliphatic rings. The van der Waals surface area contributed by atoms with Gasteiger partial charge in [0.05, 0.1) is 12.9 Å². The molecule has 134 valence electrons. The Morgan fingerprint density at radius 2 is 2.08 bits per heavy atom. The predicted octanol–water partition coefficient (Wildman–Crippen LogP) is 4.25. The van der Waals surface area contributed by atoms with Gasteiger partial charge in [0.15, 0.2) is 10.9 Å². The van der Waals surface area contributed by atoms with Crippen molar-refractivity contribution >= 4 is 28.9 Å². The molecular weight excluding hydrogens is 366 g/mol. The van der Waals surface area contributed by atoms with Crippen LogP contribution in [-0.4, -0.2) is 33.4 Å². The third kappa shape index (κ3) is 3.83. The van der Waals surface area contributed by atoms with Gasteiger partial charge in [0, 0.05) is 22.9 Å². The number of thioether (sulfide) groups is 1. The molecule has 0 radical (unpaired) electrons. The molecule has 0 N–H and O–H groups in total. The Bertz CT molecular complexity index is 884. The lowest BCUT2D eigenvalue weighted by atomic mass is 10.1. The quantitative estimate of drug-likeness (QED) is 0.429. The van der Waals surface area contributed by atoms with Gasteiger partial charge in [-0.2, -0.15) is 0 Å². The smallest absolute Gasteiger partial charge is 0.191 e. The van der Waals surface area contributed by atoms with E-state index in [-0.39, 0.29) is 5.78 Å². The van der Waals surface area contributed by atoms with Crippen molar-refractivity contribution in [2.24, 2.45) is 0 Å². The Labute approximate surface area is 160 Å². The Hall–Kier alpha value is -2.12. The van der Waals surface area contributed by atoms with Crippen LogP contribution < -0.4 is 4.74 Å². The van der Waals surface area contributed by atoms with Crippen molar-refractivity contribution in [3.05, 3.63) is 58.0 Å². The van der Waals surface area contributed by atoms with Crippen LogP contribution in [0.3, 0.4) is 0 Å². The van der Waals surface area contributed by atoms with Crippen molar-refractivity contribution in [1.82, 2.24) is 14.8 Å². The van der Waals surface area contributed by atoms with Gasteiger partial charge >= 0.3 is 0 Å². The van der Waals surface area contributed by atoms with Crippen LogP contribution in [0.2, 0.25) is 0 Å². The molecule has 0 amide bonds. The maximum Gasteiger partial charge on any atom is 0.191 e. The fraction of sp³-hybridized carbons (Fsp3) is 0.316. The largest absolute Gasteiger partial charge is 0.497 e. The van der Waals surface area contributed by atoms with Crippen LogP contribution >= 0.6 is 23.1 Å². The first-order chi connectivity index (χ1) is 12.7. The molecule has 1 saturated carbocycles. The van der Waals surface area contributed by atoms with Gasteiger partial charge in [-0.3, -0.25) is 4.79 Å². The number of carbonyl (C=O) groups is 1. The molecule has 4 rings (SSSR count). The van der Waals surface area contributed by atoms with Crippen LogP contribution in [0.15, 0.2) is 46.9 Å². The van der Waals surface area contributed by atoms with E-state index in [1.165, 1.54) is 16.6 Å². The first-order valence-electron chi connectivity index (χ1n) is 8.51. The van der Waals surface area contributed by atoms with Gasteiger partial charge in [-0.25, -0.2) is 0 Å². The topological polar surface area (TPSA) is 57.0 Å². The van der Waals surface area contributed by atoms with Gasteiger partial charge in [0.2, 0.25) is 0 Å². The van der Waals surface area contributed by atoms with E-state index < -0.39 is 0 Å². The fourth-order valence-corrected chi connectivity index (χ4v) is 4.41. The number of aromatic nitrogens is 3. The number of hydrogen-bond donors (Lipinski definition) is 0. The van der Waals surface area contributed by atoms with Crippen molar-refractivity contribution < 1.29 is 9.53 Å². The monoisotopic (exact) mass is 385 g/mol. The molecule has 7 heteroatoms. The molecule has 2 heterocycles. The average molecular weight is 386 g/mol. The van der Waals surface area contributed by atoms with Gasteiger partial charge in [-0.15, -0.1) is 21.5 Å². The number of ether oxygens (including phenoxy) is 1. The molecule has 2 aromatic heterocycles. The third-order valence-corrected chi connectivity index (χ3v) is 6.12. The van der Waals surface area contributed by atoms with Crippen molar-refractivity contribution in [2.45, 2.75) is 30.5 Å². The SMILES string of the molecule is COc1ccc(C(=O)CSc2nnc(Cc3cccs3)n2C2CC2)cc1. The zero-order valence-corrected chi connectivity index (χ0v) is 16.1. The van der Waals surface area contributed by atoms with E-state index in [1.54, 1.807) is 30.6 Å². The highest BCUT2D eigenvalue weighted by atomic mass is 32.2. The highest BCUT2D eigenvalue weighted by Gasteiger charge is 2.30. The van der Waals surface area contributed by atoms with Gasteiger partial charge < -0.3 is 9.30 Å². The third-order valence-electron chi connectivity index (χ3n) is 4.30. The average Bonchev–Trinajstić information content (AvgIpc) is 3.22. The molecule has 0 unspecified atom stereocenters. The summed E-state index contributed by atoms with van der Waals surface area (Å²) < 4.78 is 7.36. The first-order valence-corrected chi connectivity index (χ1v) is 10.4. The van der Waals surface area contributed by atoms with Crippen LogP contribution in [0, 0.1) is 0 Å². The lowest BCUT2D eigenvalue weighted by molar-refractivity contribution is 0.102. The molecule has 0 saturated heterocycles. The molecule has 1 fully saturated rings. The van der Waals surface area contributed by atoms with Gasteiger partial charge in [0.1, 0.15) is 11.6 Å². The van der Waals surface area contributed by atoms with Crippen LogP contribution in [0.25, 0.3) is 0 Å². The number of benzene rings is 1. The number of nitrogens with zero attached hydrogens (tertiary/aromatic N) is 3. The van der Waals surface area contributed by atoms with E-state index in [9.17, 15) is 4.79 Å². The summed E-state index contributed by atoms with van der Waals surface area (Å²) in [4.78, 5) is 13.7. The Morgan fingerprint density at radius 1 is 1.27 bits per heavy atom. The molecule has 1 aromatic carbocycles. The summed E-state index contributed by atoms with van der Waals surface area (Å²) >= 11 is 3.21. The number of thiophene rings is 1. The first kappa shape index (κ1) is 17.3. The lowest BCUT2D eigenvalue weighted by Gasteiger charge is -2.08. The number of methoxy groups -OCH3 is 1. The van der Waals surface area contributed by atoms with Crippen molar-refractivity contribution in [1.29, 1.82) is 0 Å². The van der Waals surface area contributed by atoms with E-state index in [2.05, 4.69) is 32.3 Å². The second kappa shape index (κ2) is 7.63. The molecule has 1 aliphatic carbocycles. The van der Waals surface area contributed by atoms with E-state index in [0.29, 0.717) is 17.4 Å². The highest BCUT2D eigenvalue weighted by Crippen LogP contribution is 2.39. The Morgan fingerprint density at radius 3 is 2.73 bits per heavy atom. The minimum atomic E-state index is 0.0859. The van der Waals surface area contributed by atoms with Crippen LogP contribution in [0.1, 0.15) is 39.9 Å². The molecular formula is C19H19N3O2S2. The molecule has 5 nitrogen and oxygen atoms in total. The predicted molar refractivity (Wildman–Crippen MR) is 103 cm³/mol. The molecule has 26 heavy (non-hydrogen) atoms. The Balaban J connectivity index is 1.45. The van der Waals surface area contributed by atoms with E-state index in [4.69, 9.17) is 4.74 Å².